The van der Waals surface area contributed by atoms with E-state index in [1.807, 2.05) is 0 Å². The zero-order chi connectivity index (χ0) is 11.0. The highest BCUT2D eigenvalue weighted by molar-refractivity contribution is 7.80. The number of carbonyl (C=O) groups is 1. The zero-order valence-corrected chi connectivity index (χ0v) is 9.20. The van der Waals surface area contributed by atoms with Crippen molar-refractivity contribution in [1.82, 2.24) is 14.5 Å². The van der Waals surface area contributed by atoms with E-state index in [2.05, 4.69) is 4.98 Å². The lowest BCUT2D eigenvalue weighted by atomic mass is 10.2. The number of hydrogen-bond donors (Lipinski definition) is 1. The molecule has 2 heterocycles. The van der Waals surface area contributed by atoms with E-state index in [4.69, 9.17) is 18.0 Å². The summed E-state index contributed by atoms with van der Waals surface area (Å²) in [5.41, 5.74) is 5.53. The number of thiocarbonyl (C=S) groups is 1. The van der Waals surface area contributed by atoms with Gasteiger partial charge in [-0.3, -0.25) is 4.79 Å². The van der Waals surface area contributed by atoms with Gasteiger partial charge < -0.3 is 15.2 Å². The van der Waals surface area contributed by atoms with Crippen LogP contribution in [0.4, 0.5) is 0 Å². The minimum absolute atomic E-state index is 0.0884. The fourth-order valence-electron chi connectivity index (χ4n) is 1.82. The van der Waals surface area contributed by atoms with E-state index in [9.17, 15) is 4.79 Å². The largest absolute Gasteiger partial charge is 0.387 e. The number of hydrogen-bond acceptors (Lipinski definition) is 3. The maximum atomic E-state index is 11.8. The molecule has 0 spiro atoms. The Morgan fingerprint density at radius 2 is 2.47 bits per heavy atom. The quantitative estimate of drug-likeness (QED) is 0.714. The predicted molar refractivity (Wildman–Crippen MR) is 59.4 cm³/mol. The van der Waals surface area contributed by atoms with Gasteiger partial charge in [0, 0.05) is 26.0 Å². The molecule has 1 atom stereocenters. The Hall–Kier alpha value is -1.43. The first-order chi connectivity index (χ1) is 7.11. The molecule has 1 aromatic heterocycles. The SMILES string of the molecule is CN1CCC(n2ccnc2C(N)=S)C1=O. The van der Waals surface area contributed by atoms with Crippen molar-refractivity contribution >= 4 is 23.1 Å². The smallest absolute Gasteiger partial charge is 0.245 e. The third-order valence-corrected chi connectivity index (χ3v) is 2.81. The molecule has 1 aromatic rings. The summed E-state index contributed by atoms with van der Waals surface area (Å²) in [6, 6.07) is -0.200. The molecule has 1 amide bonds. The van der Waals surface area contributed by atoms with Crippen LogP contribution in [0.3, 0.4) is 0 Å². The van der Waals surface area contributed by atoms with Crippen LogP contribution in [0.25, 0.3) is 0 Å². The number of likely N-dealkylation sites (N-methyl/N-ethyl adjacent to an activating group) is 1. The standard InChI is InChI=1S/C9H12N4OS/c1-12-4-2-6(9(12)14)13-5-3-11-8(13)7(10)15/h3,5-6H,2,4H2,1H3,(H2,10,15). The summed E-state index contributed by atoms with van der Waals surface area (Å²) < 4.78 is 1.76. The van der Waals surface area contributed by atoms with Crippen molar-refractivity contribution in [2.45, 2.75) is 12.5 Å². The van der Waals surface area contributed by atoms with E-state index in [1.54, 1.807) is 28.9 Å². The van der Waals surface area contributed by atoms with E-state index in [1.165, 1.54) is 0 Å². The van der Waals surface area contributed by atoms with Crippen molar-refractivity contribution in [2.75, 3.05) is 13.6 Å². The number of carbonyl (C=O) groups excluding carboxylic acids is 1. The molecule has 5 nitrogen and oxygen atoms in total. The average Bonchev–Trinajstić information content (AvgIpc) is 2.75. The van der Waals surface area contributed by atoms with Crippen molar-refractivity contribution in [2.24, 2.45) is 5.73 Å². The van der Waals surface area contributed by atoms with Gasteiger partial charge in [0.05, 0.1) is 0 Å². The Morgan fingerprint density at radius 3 is 3.00 bits per heavy atom. The Balaban J connectivity index is 2.34. The highest BCUT2D eigenvalue weighted by Crippen LogP contribution is 2.22. The highest BCUT2D eigenvalue weighted by atomic mass is 32.1. The normalized spacial score (nSPS) is 21.0. The molecule has 0 aromatic carbocycles. The summed E-state index contributed by atoms with van der Waals surface area (Å²) in [6.45, 7) is 0.762. The first-order valence-corrected chi connectivity index (χ1v) is 5.09. The maximum absolute atomic E-state index is 11.8. The lowest BCUT2D eigenvalue weighted by Crippen LogP contribution is -2.27. The molecule has 1 fully saturated rings. The number of nitrogens with two attached hydrogens (primary N) is 1. The van der Waals surface area contributed by atoms with Gasteiger partial charge in [0.15, 0.2) is 5.82 Å². The van der Waals surface area contributed by atoms with Crippen LogP contribution in [0.1, 0.15) is 18.3 Å². The summed E-state index contributed by atoms with van der Waals surface area (Å²) in [5, 5.41) is 0. The van der Waals surface area contributed by atoms with E-state index < -0.39 is 0 Å². The molecule has 1 unspecified atom stereocenters. The van der Waals surface area contributed by atoms with Gasteiger partial charge in [-0.1, -0.05) is 12.2 Å². The minimum Gasteiger partial charge on any atom is -0.387 e. The maximum Gasteiger partial charge on any atom is 0.245 e. The second-order valence-electron chi connectivity index (χ2n) is 3.59. The summed E-state index contributed by atoms with van der Waals surface area (Å²) in [7, 11) is 1.79. The van der Waals surface area contributed by atoms with Crippen LogP contribution in [0.5, 0.6) is 0 Å². The Bertz CT molecular complexity index is 414. The Labute approximate surface area is 92.9 Å². The molecular formula is C9H12N4OS. The molecule has 2 N–H and O–H groups in total. The molecule has 0 saturated carbocycles. The van der Waals surface area contributed by atoms with Crippen molar-refractivity contribution < 1.29 is 4.79 Å². The monoisotopic (exact) mass is 224 g/mol. The van der Waals surface area contributed by atoms with Gasteiger partial charge in [-0.15, -0.1) is 0 Å². The van der Waals surface area contributed by atoms with Gasteiger partial charge >= 0.3 is 0 Å². The molecular weight excluding hydrogens is 212 g/mol. The first kappa shape index (κ1) is 10.1. The lowest BCUT2D eigenvalue weighted by Gasteiger charge is -2.13. The van der Waals surface area contributed by atoms with E-state index >= 15 is 0 Å². The van der Waals surface area contributed by atoms with E-state index in [0.29, 0.717) is 5.82 Å². The molecule has 1 saturated heterocycles. The number of aromatic nitrogens is 2. The van der Waals surface area contributed by atoms with Crippen molar-refractivity contribution in [3.63, 3.8) is 0 Å². The lowest BCUT2D eigenvalue weighted by molar-refractivity contribution is -0.129. The second-order valence-corrected chi connectivity index (χ2v) is 4.03. The molecule has 0 bridgehead atoms. The van der Waals surface area contributed by atoms with Crippen molar-refractivity contribution in [1.29, 1.82) is 0 Å². The molecule has 1 aliphatic heterocycles. The summed E-state index contributed by atoms with van der Waals surface area (Å²) in [6.07, 6.45) is 4.14. The van der Waals surface area contributed by atoms with Crippen LogP contribution in [0.15, 0.2) is 12.4 Å². The van der Waals surface area contributed by atoms with Crippen LogP contribution in [-0.2, 0) is 4.79 Å². The van der Waals surface area contributed by atoms with Gasteiger partial charge in [-0.2, -0.15) is 0 Å². The third-order valence-electron chi connectivity index (χ3n) is 2.62. The van der Waals surface area contributed by atoms with Gasteiger partial charge in [0.2, 0.25) is 5.91 Å². The third kappa shape index (κ3) is 1.61. The molecule has 80 valence electrons. The van der Waals surface area contributed by atoms with Crippen LogP contribution < -0.4 is 5.73 Å². The van der Waals surface area contributed by atoms with Crippen LogP contribution in [-0.4, -0.2) is 38.9 Å². The first-order valence-electron chi connectivity index (χ1n) is 4.69. The predicted octanol–water partition coefficient (Wildman–Crippen LogP) is -0.0795. The summed E-state index contributed by atoms with van der Waals surface area (Å²) in [5.74, 6) is 0.601. The highest BCUT2D eigenvalue weighted by Gasteiger charge is 2.31. The van der Waals surface area contributed by atoms with E-state index in [0.717, 1.165) is 13.0 Å². The Morgan fingerprint density at radius 1 is 1.73 bits per heavy atom. The number of rotatable bonds is 2. The van der Waals surface area contributed by atoms with E-state index in [-0.39, 0.29) is 16.9 Å². The summed E-state index contributed by atoms with van der Waals surface area (Å²) >= 11 is 4.88. The molecule has 15 heavy (non-hydrogen) atoms. The van der Waals surface area contributed by atoms with Crippen LogP contribution in [0.2, 0.25) is 0 Å². The van der Waals surface area contributed by atoms with Gasteiger partial charge in [-0.25, -0.2) is 4.98 Å². The number of amides is 1. The number of imidazole rings is 1. The molecule has 0 aliphatic carbocycles. The fraction of sp³-hybridized carbons (Fsp3) is 0.444. The van der Waals surface area contributed by atoms with Gasteiger partial charge in [-0.05, 0) is 6.42 Å². The average molecular weight is 224 g/mol. The fourth-order valence-corrected chi connectivity index (χ4v) is 1.98. The molecule has 2 rings (SSSR count). The van der Waals surface area contributed by atoms with Crippen LogP contribution in [0, 0.1) is 0 Å². The number of nitrogens with zero attached hydrogens (tertiary/aromatic N) is 3. The van der Waals surface area contributed by atoms with Crippen molar-refractivity contribution in [3.8, 4) is 0 Å². The zero-order valence-electron chi connectivity index (χ0n) is 8.38. The summed E-state index contributed by atoms with van der Waals surface area (Å²) in [4.78, 5) is 17.7. The minimum atomic E-state index is -0.200. The van der Waals surface area contributed by atoms with Gasteiger partial charge in [0.1, 0.15) is 11.0 Å². The molecule has 1 aliphatic rings. The van der Waals surface area contributed by atoms with Gasteiger partial charge in [0.25, 0.3) is 0 Å². The number of likely N-dealkylation sites (tertiary alicyclic amines) is 1. The molecule has 0 radical (unpaired) electrons. The van der Waals surface area contributed by atoms with Crippen molar-refractivity contribution in [3.05, 3.63) is 18.2 Å². The molecule has 6 heteroatoms. The topological polar surface area (TPSA) is 64.2 Å². The Kier molecular flexibility index (Phi) is 2.44. The second kappa shape index (κ2) is 3.62. The van der Waals surface area contributed by atoms with Crippen LogP contribution >= 0.6 is 12.2 Å².